The zero-order valence-corrected chi connectivity index (χ0v) is 10.2. The van der Waals surface area contributed by atoms with Gasteiger partial charge in [0.25, 0.3) is 0 Å². The Morgan fingerprint density at radius 3 is 2.44 bits per heavy atom. The number of aliphatic hydroxyl groups excluding tert-OH is 1. The molecule has 0 saturated carbocycles. The number of rotatable bonds is 5. The molecule has 0 aromatic rings. The Morgan fingerprint density at radius 2 is 1.94 bits per heavy atom. The van der Waals surface area contributed by atoms with Crippen LogP contribution in [0.1, 0.15) is 25.7 Å². The number of hydrogen-bond donors (Lipinski definition) is 2. The summed E-state index contributed by atoms with van der Waals surface area (Å²) in [5, 5.41) is 11.4. The molecular weight excluding hydrogens is 249 g/mol. The Kier molecular flexibility index (Phi) is 5.87. The molecule has 2 N–H and O–H groups in total. The van der Waals surface area contributed by atoms with E-state index in [4.69, 9.17) is 5.11 Å². The first-order chi connectivity index (χ1) is 8.40. The van der Waals surface area contributed by atoms with Crippen molar-refractivity contribution in [2.45, 2.75) is 37.9 Å². The normalized spacial score (nSPS) is 18.9. The van der Waals surface area contributed by atoms with Crippen molar-refractivity contribution < 1.29 is 23.1 Å². The molecule has 0 aromatic carbocycles. The third kappa shape index (κ3) is 6.20. The van der Waals surface area contributed by atoms with Gasteiger partial charge in [-0.2, -0.15) is 13.2 Å². The van der Waals surface area contributed by atoms with Crippen molar-refractivity contribution in [1.82, 2.24) is 10.2 Å². The number of hydrogen-bond acceptors (Lipinski definition) is 3. The molecule has 1 aliphatic heterocycles. The van der Waals surface area contributed by atoms with E-state index in [0.717, 1.165) is 25.9 Å². The number of carbonyl (C=O) groups excluding carboxylic acids is 1. The van der Waals surface area contributed by atoms with E-state index in [9.17, 15) is 18.0 Å². The van der Waals surface area contributed by atoms with Crippen LogP contribution in [-0.4, -0.2) is 54.4 Å². The van der Waals surface area contributed by atoms with Crippen molar-refractivity contribution in [3.8, 4) is 0 Å². The van der Waals surface area contributed by atoms with E-state index >= 15 is 0 Å². The second-order valence-electron chi connectivity index (χ2n) is 4.52. The lowest BCUT2D eigenvalue weighted by atomic mass is 10.0. The Bertz CT molecular complexity index is 264. The number of halogens is 3. The van der Waals surface area contributed by atoms with Crippen molar-refractivity contribution in [3.63, 3.8) is 0 Å². The topological polar surface area (TPSA) is 52.6 Å². The average Bonchev–Trinajstić information content (AvgIpc) is 2.29. The summed E-state index contributed by atoms with van der Waals surface area (Å²) in [5.41, 5.74) is 0. The van der Waals surface area contributed by atoms with Crippen molar-refractivity contribution in [2.75, 3.05) is 26.2 Å². The van der Waals surface area contributed by atoms with Crippen LogP contribution in [0, 0.1) is 0 Å². The van der Waals surface area contributed by atoms with Gasteiger partial charge in [0.15, 0.2) is 0 Å². The van der Waals surface area contributed by atoms with Crippen molar-refractivity contribution in [1.29, 1.82) is 0 Å². The van der Waals surface area contributed by atoms with Crippen LogP contribution in [0.5, 0.6) is 0 Å². The summed E-state index contributed by atoms with van der Waals surface area (Å²) >= 11 is 0. The molecule has 106 valence electrons. The molecule has 1 rings (SSSR count). The summed E-state index contributed by atoms with van der Waals surface area (Å²) < 4.78 is 35.8. The minimum atomic E-state index is -4.28. The number of piperidine rings is 1. The molecule has 0 unspecified atom stereocenters. The fourth-order valence-electron chi connectivity index (χ4n) is 2.00. The van der Waals surface area contributed by atoms with Gasteiger partial charge in [0.1, 0.15) is 0 Å². The molecule has 1 amide bonds. The van der Waals surface area contributed by atoms with E-state index in [2.05, 4.69) is 10.2 Å². The molecule has 1 aliphatic rings. The summed E-state index contributed by atoms with van der Waals surface area (Å²) in [4.78, 5) is 13.4. The summed E-state index contributed by atoms with van der Waals surface area (Å²) in [5.74, 6) is -0.534. The molecule has 0 radical (unpaired) electrons. The van der Waals surface area contributed by atoms with E-state index in [1.165, 1.54) is 0 Å². The van der Waals surface area contributed by atoms with Gasteiger partial charge in [0.05, 0.1) is 13.0 Å². The molecule has 0 aliphatic carbocycles. The van der Waals surface area contributed by atoms with E-state index in [-0.39, 0.29) is 12.6 Å². The molecule has 0 bridgehead atoms. The number of alkyl halides is 3. The number of likely N-dealkylation sites (tertiary alicyclic amines) is 1. The number of β-amino-alcohol motifs (C(OH)–C–C–N with tert-alkyl or cyclic N) is 1. The van der Waals surface area contributed by atoms with Crippen molar-refractivity contribution in [3.05, 3.63) is 0 Å². The minimum Gasteiger partial charge on any atom is -0.395 e. The first-order valence-electron chi connectivity index (χ1n) is 6.10. The van der Waals surface area contributed by atoms with E-state index in [1.54, 1.807) is 0 Å². The van der Waals surface area contributed by atoms with Gasteiger partial charge in [-0.1, -0.05) is 0 Å². The predicted octanol–water partition coefficient (Wildman–Crippen LogP) is 0.902. The Morgan fingerprint density at radius 1 is 1.33 bits per heavy atom. The zero-order valence-electron chi connectivity index (χ0n) is 10.2. The van der Waals surface area contributed by atoms with Crippen LogP contribution in [0.4, 0.5) is 13.2 Å². The Hall–Kier alpha value is -0.820. The van der Waals surface area contributed by atoms with E-state index in [1.807, 2.05) is 0 Å². The molecule has 0 aromatic heterocycles. The van der Waals surface area contributed by atoms with Gasteiger partial charge in [0, 0.05) is 32.1 Å². The highest BCUT2D eigenvalue weighted by Gasteiger charge is 2.28. The summed E-state index contributed by atoms with van der Waals surface area (Å²) in [7, 11) is 0. The van der Waals surface area contributed by atoms with Gasteiger partial charge in [-0.15, -0.1) is 0 Å². The van der Waals surface area contributed by atoms with Gasteiger partial charge in [0.2, 0.25) is 5.91 Å². The van der Waals surface area contributed by atoms with Crippen LogP contribution < -0.4 is 5.32 Å². The zero-order chi connectivity index (χ0) is 13.6. The average molecular weight is 268 g/mol. The lowest BCUT2D eigenvalue weighted by molar-refractivity contribution is -0.144. The molecule has 1 fully saturated rings. The Labute approximate surface area is 104 Å². The van der Waals surface area contributed by atoms with Crippen molar-refractivity contribution >= 4 is 5.91 Å². The van der Waals surface area contributed by atoms with E-state index < -0.39 is 24.9 Å². The number of carbonyl (C=O) groups is 1. The monoisotopic (exact) mass is 268 g/mol. The summed E-state index contributed by atoms with van der Waals surface area (Å²) in [6, 6.07) is -0.0410. The standard InChI is InChI=1S/C11H19F3N2O2/c12-11(13,14)4-1-10(18)15-9-2-5-16(6-3-9)7-8-17/h9,17H,1-8H2,(H,15,18). The molecule has 7 heteroatoms. The fourth-order valence-corrected chi connectivity index (χ4v) is 2.00. The summed E-state index contributed by atoms with van der Waals surface area (Å²) in [6.45, 7) is 2.22. The first-order valence-corrected chi connectivity index (χ1v) is 6.10. The van der Waals surface area contributed by atoms with E-state index in [0.29, 0.717) is 6.54 Å². The van der Waals surface area contributed by atoms with Crippen LogP contribution in [0.25, 0.3) is 0 Å². The second-order valence-corrected chi connectivity index (χ2v) is 4.52. The van der Waals surface area contributed by atoms with Crippen LogP contribution in [0.3, 0.4) is 0 Å². The molecule has 1 heterocycles. The van der Waals surface area contributed by atoms with Crippen LogP contribution in [0.15, 0.2) is 0 Å². The van der Waals surface area contributed by atoms with Gasteiger partial charge in [-0.05, 0) is 12.8 Å². The highest BCUT2D eigenvalue weighted by atomic mass is 19.4. The maximum Gasteiger partial charge on any atom is 0.389 e. The van der Waals surface area contributed by atoms with Crippen LogP contribution in [0.2, 0.25) is 0 Å². The first kappa shape index (κ1) is 15.2. The molecule has 4 nitrogen and oxygen atoms in total. The number of nitrogens with zero attached hydrogens (tertiary/aromatic N) is 1. The minimum absolute atomic E-state index is 0.0410. The predicted molar refractivity (Wildman–Crippen MR) is 60.0 cm³/mol. The molecule has 18 heavy (non-hydrogen) atoms. The molecular formula is C11H19F3N2O2. The highest BCUT2D eigenvalue weighted by Crippen LogP contribution is 2.21. The fraction of sp³-hybridized carbons (Fsp3) is 0.909. The molecule has 0 atom stereocenters. The summed E-state index contributed by atoms with van der Waals surface area (Å²) in [6.07, 6.45) is -4.40. The Balaban J connectivity index is 2.18. The van der Waals surface area contributed by atoms with Crippen LogP contribution in [-0.2, 0) is 4.79 Å². The largest absolute Gasteiger partial charge is 0.395 e. The SMILES string of the molecule is O=C(CCC(F)(F)F)NC1CCN(CCO)CC1. The molecule has 1 saturated heterocycles. The smallest absolute Gasteiger partial charge is 0.389 e. The van der Waals surface area contributed by atoms with Gasteiger partial charge >= 0.3 is 6.18 Å². The lowest BCUT2D eigenvalue weighted by Gasteiger charge is -2.31. The second kappa shape index (κ2) is 6.94. The quantitative estimate of drug-likeness (QED) is 0.779. The maximum atomic E-state index is 11.9. The highest BCUT2D eigenvalue weighted by molar-refractivity contribution is 5.76. The van der Waals surface area contributed by atoms with Gasteiger partial charge < -0.3 is 15.3 Å². The number of amides is 1. The maximum absolute atomic E-state index is 11.9. The van der Waals surface area contributed by atoms with Crippen molar-refractivity contribution in [2.24, 2.45) is 0 Å². The number of aliphatic hydroxyl groups is 1. The van der Waals surface area contributed by atoms with Crippen LogP contribution >= 0.6 is 0 Å². The van der Waals surface area contributed by atoms with Gasteiger partial charge in [-0.3, -0.25) is 4.79 Å². The third-order valence-corrected chi connectivity index (χ3v) is 3.00. The van der Waals surface area contributed by atoms with Gasteiger partial charge in [-0.25, -0.2) is 0 Å². The third-order valence-electron chi connectivity index (χ3n) is 3.00. The molecule has 0 spiro atoms. The number of nitrogens with one attached hydrogen (secondary N) is 1. The lowest BCUT2D eigenvalue weighted by Crippen LogP contribution is -2.45.